The van der Waals surface area contributed by atoms with Crippen LogP contribution in [0.3, 0.4) is 0 Å². The molecule has 0 aliphatic heterocycles. The number of hydrogen-bond acceptors (Lipinski definition) is 2. The summed E-state index contributed by atoms with van der Waals surface area (Å²) in [5.41, 5.74) is 0.854. The monoisotopic (exact) mass is 154 g/mol. The maximum Gasteiger partial charge on any atom is 0.356 e. The highest BCUT2D eigenvalue weighted by molar-refractivity contribution is 5.86. The van der Waals surface area contributed by atoms with E-state index in [1.54, 1.807) is 17.8 Å². The number of aromatic carboxylic acids is 1. The number of hydrogen-bond donors (Lipinski definition) is 1. The minimum absolute atomic E-state index is 0.145. The Morgan fingerprint density at radius 1 is 1.82 bits per heavy atom. The molecule has 0 radical (unpaired) electrons. The van der Waals surface area contributed by atoms with E-state index in [1.165, 1.54) is 0 Å². The lowest BCUT2D eigenvalue weighted by Gasteiger charge is -1.97. The lowest BCUT2D eigenvalue weighted by Crippen LogP contribution is -2.01. The summed E-state index contributed by atoms with van der Waals surface area (Å²) in [6, 6.07) is 0. The molecule has 0 bridgehead atoms. The summed E-state index contributed by atoms with van der Waals surface area (Å²) in [7, 11) is 0. The van der Waals surface area contributed by atoms with Gasteiger partial charge in [-0.3, -0.25) is 0 Å². The van der Waals surface area contributed by atoms with E-state index in [-0.39, 0.29) is 5.69 Å². The summed E-state index contributed by atoms with van der Waals surface area (Å²) in [6.07, 6.45) is 1.54. The van der Waals surface area contributed by atoms with Gasteiger partial charge in [-0.05, 0) is 13.8 Å². The Morgan fingerprint density at radius 2 is 2.45 bits per heavy atom. The number of nitrogens with zero attached hydrogens (tertiary/aromatic N) is 2. The highest BCUT2D eigenvalue weighted by atomic mass is 16.4. The van der Waals surface area contributed by atoms with Crippen molar-refractivity contribution < 1.29 is 9.90 Å². The summed E-state index contributed by atoms with van der Waals surface area (Å²) < 4.78 is 1.80. The molecule has 0 atom stereocenters. The van der Waals surface area contributed by atoms with Crippen molar-refractivity contribution >= 4 is 5.97 Å². The molecule has 0 saturated carbocycles. The maximum atomic E-state index is 10.5. The molecule has 1 N–H and O–H groups in total. The molecule has 1 rings (SSSR count). The molecule has 1 heterocycles. The normalized spacial score (nSPS) is 10.0. The van der Waals surface area contributed by atoms with Crippen LogP contribution < -0.4 is 0 Å². The predicted molar refractivity (Wildman–Crippen MR) is 39.6 cm³/mol. The Hall–Kier alpha value is -1.32. The maximum absolute atomic E-state index is 10.5. The van der Waals surface area contributed by atoms with Gasteiger partial charge in [-0.15, -0.1) is 0 Å². The van der Waals surface area contributed by atoms with E-state index in [0.717, 1.165) is 6.54 Å². The summed E-state index contributed by atoms with van der Waals surface area (Å²) in [5.74, 6) is -0.963. The van der Waals surface area contributed by atoms with Gasteiger partial charge in [0.05, 0.1) is 6.33 Å². The Bertz CT molecular complexity index is 278. The third-order valence-electron chi connectivity index (χ3n) is 1.64. The van der Waals surface area contributed by atoms with E-state index in [0.29, 0.717) is 5.69 Å². The zero-order chi connectivity index (χ0) is 8.43. The van der Waals surface area contributed by atoms with Crippen LogP contribution >= 0.6 is 0 Å². The molecule has 0 unspecified atom stereocenters. The van der Waals surface area contributed by atoms with Crippen LogP contribution in [0, 0.1) is 6.92 Å². The van der Waals surface area contributed by atoms with Crippen molar-refractivity contribution in [1.29, 1.82) is 0 Å². The number of rotatable bonds is 2. The summed E-state index contributed by atoms with van der Waals surface area (Å²) in [4.78, 5) is 14.2. The second-order valence-corrected chi connectivity index (χ2v) is 2.27. The average molecular weight is 154 g/mol. The number of aromatic nitrogens is 2. The van der Waals surface area contributed by atoms with Crippen molar-refractivity contribution in [3.05, 3.63) is 17.7 Å². The molecule has 4 heteroatoms. The Kier molecular flexibility index (Phi) is 1.94. The molecular weight excluding hydrogens is 144 g/mol. The van der Waals surface area contributed by atoms with Crippen LogP contribution in [0.4, 0.5) is 0 Å². The smallest absolute Gasteiger partial charge is 0.356 e. The van der Waals surface area contributed by atoms with Crippen LogP contribution in [0.2, 0.25) is 0 Å². The first kappa shape index (κ1) is 7.78. The molecule has 0 saturated heterocycles. The third kappa shape index (κ3) is 1.24. The minimum atomic E-state index is -0.963. The van der Waals surface area contributed by atoms with Crippen molar-refractivity contribution in [3.8, 4) is 0 Å². The Morgan fingerprint density at radius 3 is 2.73 bits per heavy atom. The molecule has 0 fully saturated rings. The third-order valence-corrected chi connectivity index (χ3v) is 1.64. The van der Waals surface area contributed by atoms with Gasteiger partial charge in [-0.25, -0.2) is 9.78 Å². The molecule has 60 valence electrons. The second kappa shape index (κ2) is 2.74. The Labute approximate surface area is 64.5 Å². The zero-order valence-corrected chi connectivity index (χ0v) is 6.53. The summed E-state index contributed by atoms with van der Waals surface area (Å²) >= 11 is 0. The summed E-state index contributed by atoms with van der Waals surface area (Å²) in [5, 5.41) is 8.60. The van der Waals surface area contributed by atoms with Crippen LogP contribution in [-0.4, -0.2) is 20.6 Å². The first-order valence-electron chi connectivity index (χ1n) is 3.41. The van der Waals surface area contributed by atoms with Crippen LogP contribution in [0.5, 0.6) is 0 Å². The van der Waals surface area contributed by atoms with Gasteiger partial charge < -0.3 is 9.67 Å². The number of imidazole rings is 1. The van der Waals surface area contributed by atoms with Gasteiger partial charge in [-0.2, -0.15) is 0 Å². The molecule has 0 aliphatic carbocycles. The van der Waals surface area contributed by atoms with Crippen LogP contribution in [0.15, 0.2) is 6.33 Å². The van der Waals surface area contributed by atoms with Gasteiger partial charge in [0, 0.05) is 12.2 Å². The topological polar surface area (TPSA) is 55.1 Å². The van der Waals surface area contributed by atoms with E-state index < -0.39 is 5.97 Å². The van der Waals surface area contributed by atoms with E-state index >= 15 is 0 Å². The number of aryl methyl sites for hydroxylation is 1. The molecular formula is C7H10N2O2. The lowest BCUT2D eigenvalue weighted by atomic mass is 10.3. The van der Waals surface area contributed by atoms with E-state index in [1.807, 2.05) is 6.92 Å². The van der Waals surface area contributed by atoms with Gasteiger partial charge in [0.15, 0.2) is 5.69 Å². The van der Waals surface area contributed by atoms with Crippen molar-refractivity contribution in [2.75, 3.05) is 0 Å². The summed E-state index contributed by atoms with van der Waals surface area (Å²) in [6.45, 7) is 4.45. The number of carboxylic acid groups (broad SMARTS) is 1. The molecule has 1 aromatic rings. The average Bonchev–Trinajstić information content (AvgIpc) is 2.30. The zero-order valence-electron chi connectivity index (χ0n) is 6.53. The largest absolute Gasteiger partial charge is 0.476 e. The van der Waals surface area contributed by atoms with Crippen LogP contribution in [0.1, 0.15) is 23.1 Å². The fourth-order valence-corrected chi connectivity index (χ4v) is 0.972. The molecule has 4 nitrogen and oxygen atoms in total. The van der Waals surface area contributed by atoms with Crippen molar-refractivity contribution in [1.82, 2.24) is 9.55 Å². The first-order chi connectivity index (χ1) is 5.16. The SMILES string of the molecule is CCn1cnc(C(=O)O)c1C. The lowest BCUT2D eigenvalue weighted by molar-refractivity contribution is 0.0690. The highest BCUT2D eigenvalue weighted by Crippen LogP contribution is 2.04. The van der Waals surface area contributed by atoms with Gasteiger partial charge >= 0.3 is 5.97 Å². The number of carboxylic acids is 1. The standard InChI is InChI=1S/C7H10N2O2/c1-3-9-4-8-6(5(9)2)7(10)11/h4H,3H2,1-2H3,(H,10,11). The predicted octanol–water partition coefficient (Wildman–Crippen LogP) is 0.910. The highest BCUT2D eigenvalue weighted by Gasteiger charge is 2.11. The van der Waals surface area contributed by atoms with E-state index in [4.69, 9.17) is 5.11 Å². The second-order valence-electron chi connectivity index (χ2n) is 2.27. The fourth-order valence-electron chi connectivity index (χ4n) is 0.972. The molecule has 11 heavy (non-hydrogen) atoms. The van der Waals surface area contributed by atoms with Crippen LogP contribution in [-0.2, 0) is 6.54 Å². The van der Waals surface area contributed by atoms with Gasteiger partial charge in [-0.1, -0.05) is 0 Å². The number of carbonyl (C=O) groups is 1. The van der Waals surface area contributed by atoms with Gasteiger partial charge in [0.2, 0.25) is 0 Å². The van der Waals surface area contributed by atoms with E-state index in [9.17, 15) is 4.79 Å². The molecule has 1 aromatic heterocycles. The van der Waals surface area contributed by atoms with Crippen LogP contribution in [0.25, 0.3) is 0 Å². The molecule has 0 spiro atoms. The fraction of sp³-hybridized carbons (Fsp3) is 0.429. The van der Waals surface area contributed by atoms with Crippen molar-refractivity contribution in [2.45, 2.75) is 20.4 Å². The Balaban J connectivity index is 3.10. The molecule has 0 aliphatic rings. The van der Waals surface area contributed by atoms with Crippen molar-refractivity contribution in [3.63, 3.8) is 0 Å². The van der Waals surface area contributed by atoms with Gasteiger partial charge in [0.1, 0.15) is 0 Å². The first-order valence-corrected chi connectivity index (χ1v) is 3.41. The quantitative estimate of drug-likeness (QED) is 0.688. The minimum Gasteiger partial charge on any atom is -0.476 e. The van der Waals surface area contributed by atoms with Gasteiger partial charge in [0.25, 0.3) is 0 Å². The van der Waals surface area contributed by atoms with E-state index in [2.05, 4.69) is 4.98 Å². The molecule has 0 aromatic carbocycles. The van der Waals surface area contributed by atoms with Crippen molar-refractivity contribution in [2.24, 2.45) is 0 Å². The molecule has 0 amide bonds.